The topological polar surface area (TPSA) is 59.8 Å². The van der Waals surface area contributed by atoms with E-state index < -0.39 is 0 Å². The molecule has 2 aromatic carbocycles. The van der Waals surface area contributed by atoms with Gasteiger partial charge in [-0.3, -0.25) is 4.79 Å². The normalized spacial score (nSPS) is 11.8. The molecule has 156 valence electrons. The summed E-state index contributed by atoms with van der Waals surface area (Å²) in [4.78, 5) is 12.6. The Morgan fingerprint density at radius 3 is 2.50 bits per heavy atom. The van der Waals surface area contributed by atoms with Crippen molar-refractivity contribution in [3.63, 3.8) is 0 Å². The molecule has 0 radical (unpaired) electrons. The molecule has 1 atom stereocenters. The average molecular weight is 421 g/mol. The lowest BCUT2D eigenvalue weighted by Crippen LogP contribution is -2.30. The van der Waals surface area contributed by atoms with Crippen molar-refractivity contribution in [3.05, 3.63) is 90.3 Å². The van der Waals surface area contributed by atoms with Crippen LogP contribution in [0.15, 0.2) is 78.5 Å². The third-order valence-electron chi connectivity index (χ3n) is 4.76. The fourth-order valence-corrected chi connectivity index (χ4v) is 4.09. The molecule has 3 aromatic rings. The summed E-state index contributed by atoms with van der Waals surface area (Å²) in [6, 6.07) is 20.3. The third kappa shape index (κ3) is 6.07. The lowest BCUT2D eigenvalue weighted by Gasteiger charge is -2.18. The Morgan fingerprint density at radius 1 is 1.13 bits per heavy atom. The van der Waals surface area contributed by atoms with Gasteiger partial charge in [-0.05, 0) is 17.5 Å². The van der Waals surface area contributed by atoms with Crippen LogP contribution in [-0.4, -0.2) is 26.4 Å². The van der Waals surface area contributed by atoms with Crippen LogP contribution in [0.1, 0.15) is 42.8 Å². The van der Waals surface area contributed by atoms with E-state index >= 15 is 0 Å². The number of aromatic nitrogens is 3. The number of thioether (sulfide) groups is 1. The van der Waals surface area contributed by atoms with Gasteiger partial charge in [-0.2, -0.15) is 0 Å². The number of hydrogen-bond acceptors (Lipinski definition) is 4. The standard InChI is InChI=1S/C24H28N4OS/c1-3-11-21(20-14-9-6-10-15-20)25-23(29)18-30-24-27-26-22(28(24)16-4-2)17-19-12-7-5-8-13-19/h4-10,12-15,21H,2-3,11,16-18H2,1H3,(H,25,29). The fourth-order valence-electron chi connectivity index (χ4n) is 3.31. The first-order valence-electron chi connectivity index (χ1n) is 10.2. The largest absolute Gasteiger partial charge is 0.349 e. The molecule has 0 saturated heterocycles. The highest BCUT2D eigenvalue weighted by molar-refractivity contribution is 7.99. The van der Waals surface area contributed by atoms with Crippen molar-refractivity contribution < 1.29 is 4.79 Å². The van der Waals surface area contributed by atoms with Gasteiger partial charge in [0, 0.05) is 13.0 Å². The number of rotatable bonds is 11. The minimum absolute atomic E-state index is 0.0000606. The SMILES string of the molecule is C=CCn1c(Cc2ccccc2)nnc1SCC(=O)NC(CCC)c1ccccc1. The maximum Gasteiger partial charge on any atom is 0.230 e. The molecule has 1 N–H and O–H groups in total. The summed E-state index contributed by atoms with van der Waals surface area (Å²) < 4.78 is 2.03. The first-order chi connectivity index (χ1) is 14.7. The molecule has 0 aliphatic rings. The van der Waals surface area contributed by atoms with E-state index in [0.717, 1.165) is 29.4 Å². The molecule has 6 heteroatoms. The molecule has 1 heterocycles. The second kappa shape index (κ2) is 11.4. The molecular weight excluding hydrogens is 392 g/mol. The molecule has 0 saturated carbocycles. The van der Waals surface area contributed by atoms with Crippen LogP contribution in [-0.2, 0) is 17.8 Å². The maximum atomic E-state index is 12.6. The van der Waals surface area contributed by atoms with Crippen LogP contribution < -0.4 is 5.32 Å². The van der Waals surface area contributed by atoms with Crippen molar-refractivity contribution in [1.82, 2.24) is 20.1 Å². The van der Waals surface area contributed by atoms with Crippen LogP contribution in [0.2, 0.25) is 0 Å². The quantitative estimate of drug-likeness (QED) is 0.357. The zero-order valence-corrected chi connectivity index (χ0v) is 18.1. The molecule has 3 rings (SSSR count). The van der Waals surface area contributed by atoms with Gasteiger partial charge in [-0.15, -0.1) is 16.8 Å². The summed E-state index contributed by atoms with van der Waals surface area (Å²) in [5, 5.41) is 12.6. The number of carbonyl (C=O) groups is 1. The molecule has 1 amide bonds. The van der Waals surface area contributed by atoms with Gasteiger partial charge in [-0.25, -0.2) is 0 Å². The minimum atomic E-state index is 0.0000606. The van der Waals surface area contributed by atoms with Gasteiger partial charge in [0.15, 0.2) is 5.16 Å². The molecule has 30 heavy (non-hydrogen) atoms. The summed E-state index contributed by atoms with van der Waals surface area (Å²) in [5.41, 5.74) is 2.31. The monoisotopic (exact) mass is 420 g/mol. The fraction of sp³-hybridized carbons (Fsp3) is 0.292. The summed E-state index contributed by atoms with van der Waals surface area (Å²) in [6.45, 7) is 6.59. The molecule has 5 nitrogen and oxygen atoms in total. The smallest absolute Gasteiger partial charge is 0.230 e. The lowest BCUT2D eigenvalue weighted by atomic mass is 10.0. The van der Waals surface area contributed by atoms with Crippen LogP contribution in [0.3, 0.4) is 0 Å². The first kappa shape index (κ1) is 21.8. The van der Waals surface area contributed by atoms with Crippen LogP contribution in [0, 0.1) is 0 Å². The van der Waals surface area contributed by atoms with Crippen molar-refractivity contribution in [2.75, 3.05) is 5.75 Å². The van der Waals surface area contributed by atoms with Crippen LogP contribution in [0.5, 0.6) is 0 Å². The van der Waals surface area contributed by atoms with Crippen LogP contribution in [0.4, 0.5) is 0 Å². The van der Waals surface area contributed by atoms with Gasteiger partial charge in [0.05, 0.1) is 11.8 Å². The van der Waals surface area contributed by atoms with Gasteiger partial charge in [0.2, 0.25) is 5.91 Å². The molecule has 0 bridgehead atoms. The Kier molecular flexibility index (Phi) is 8.27. The number of nitrogens with zero attached hydrogens (tertiary/aromatic N) is 3. The number of hydrogen-bond donors (Lipinski definition) is 1. The predicted molar refractivity (Wildman–Crippen MR) is 122 cm³/mol. The number of carbonyl (C=O) groups excluding carboxylic acids is 1. The van der Waals surface area contributed by atoms with Gasteiger partial charge < -0.3 is 9.88 Å². The molecule has 0 fully saturated rings. The number of allylic oxidation sites excluding steroid dienone is 1. The van der Waals surface area contributed by atoms with Gasteiger partial charge in [0.1, 0.15) is 5.82 Å². The van der Waals surface area contributed by atoms with E-state index in [-0.39, 0.29) is 11.9 Å². The van der Waals surface area contributed by atoms with E-state index in [2.05, 4.69) is 53.3 Å². The summed E-state index contributed by atoms with van der Waals surface area (Å²) in [7, 11) is 0. The van der Waals surface area contributed by atoms with E-state index in [1.165, 1.54) is 17.3 Å². The Morgan fingerprint density at radius 2 is 1.83 bits per heavy atom. The Labute approximate surface area is 182 Å². The second-order valence-electron chi connectivity index (χ2n) is 7.07. The highest BCUT2D eigenvalue weighted by atomic mass is 32.2. The summed E-state index contributed by atoms with van der Waals surface area (Å²) in [5.74, 6) is 1.17. The number of nitrogens with one attached hydrogen (secondary N) is 1. The molecule has 1 unspecified atom stereocenters. The first-order valence-corrected chi connectivity index (χ1v) is 11.2. The molecule has 0 aliphatic carbocycles. The Hall–Kier alpha value is -2.86. The molecule has 0 spiro atoms. The number of benzene rings is 2. The van der Waals surface area contributed by atoms with E-state index in [0.29, 0.717) is 18.7 Å². The van der Waals surface area contributed by atoms with Crippen LogP contribution >= 0.6 is 11.8 Å². The maximum absolute atomic E-state index is 12.6. The lowest BCUT2D eigenvalue weighted by molar-refractivity contribution is -0.119. The highest BCUT2D eigenvalue weighted by Crippen LogP contribution is 2.21. The zero-order chi connectivity index (χ0) is 21.2. The molecule has 1 aromatic heterocycles. The van der Waals surface area contributed by atoms with Crippen molar-refractivity contribution in [1.29, 1.82) is 0 Å². The Bertz CT molecular complexity index is 940. The summed E-state index contributed by atoms with van der Waals surface area (Å²) >= 11 is 1.41. The Balaban J connectivity index is 1.64. The van der Waals surface area contributed by atoms with E-state index in [4.69, 9.17) is 0 Å². The van der Waals surface area contributed by atoms with Gasteiger partial charge in [0.25, 0.3) is 0 Å². The van der Waals surface area contributed by atoms with E-state index in [1.54, 1.807) is 0 Å². The summed E-state index contributed by atoms with van der Waals surface area (Å²) in [6.07, 6.45) is 4.44. The third-order valence-corrected chi connectivity index (χ3v) is 5.72. The van der Waals surface area contributed by atoms with Gasteiger partial charge >= 0.3 is 0 Å². The zero-order valence-electron chi connectivity index (χ0n) is 17.3. The van der Waals surface area contributed by atoms with Crippen LogP contribution in [0.25, 0.3) is 0 Å². The van der Waals surface area contributed by atoms with Crippen molar-refractivity contribution in [2.45, 2.75) is 43.9 Å². The van der Waals surface area contributed by atoms with Crippen molar-refractivity contribution in [3.8, 4) is 0 Å². The second-order valence-corrected chi connectivity index (χ2v) is 8.01. The van der Waals surface area contributed by atoms with Crippen molar-refractivity contribution >= 4 is 17.7 Å². The van der Waals surface area contributed by atoms with E-state index in [9.17, 15) is 4.79 Å². The number of amides is 1. The highest BCUT2D eigenvalue weighted by Gasteiger charge is 2.17. The van der Waals surface area contributed by atoms with Crippen molar-refractivity contribution in [2.24, 2.45) is 0 Å². The molecule has 0 aliphatic heterocycles. The minimum Gasteiger partial charge on any atom is -0.349 e. The predicted octanol–water partition coefficient (Wildman–Crippen LogP) is 4.80. The molecular formula is C24H28N4OS. The average Bonchev–Trinajstić information content (AvgIpc) is 3.15. The van der Waals surface area contributed by atoms with Gasteiger partial charge in [-0.1, -0.05) is 91.8 Å². The van der Waals surface area contributed by atoms with E-state index in [1.807, 2.05) is 47.0 Å².